The number of nitrogens with zero attached hydrogens (tertiary/aromatic N) is 5. The molecule has 3 heterocycles. The summed E-state index contributed by atoms with van der Waals surface area (Å²) in [6.07, 6.45) is 4.13. The SMILES string of the molecule is O=C1CCC(c2ccccc2)=NN1CCn1cc([C@H]2CCOC2)nn1. The van der Waals surface area contributed by atoms with Gasteiger partial charge >= 0.3 is 0 Å². The van der Waals surface area contributed by atoms with E-state index in [1.54, 1.807) is 9.69 Å². The first-order chi connectivity index (χ1) is 12.3. The third kappa shape index (κ3) is 3.61. The lowest BCUT2D eigenvalue weighted by molar-refractivity contribution is -0.131. The number of benzene rings is 1. The average molecular weight is 339 g/mol. The van der Waals surface area contributed by atoms with Gasteiger partial charge in [-0.2, -0.15) is 5.10 Å². The summed E-state index contributed by atoms with van der Waals surface area (Å²) in [6, 6.07) is 10.0. The Morgan fingerprint density at radius 3 is 2.84 bits per heavy atom. The van der Waals surface area contributed by atoms with Crippen LogP contribution in [0, 0.1) is 0 Å². The zero-order chi connectivity index (χ0) is 17.1. The van der Waals surface area contributed by atoms with Crippen LogP contribution in [0.3, 0.4) is 0 Å². The van der Waals surface area contributed by atoms with Crippen molar-refractivity contribution in [3.63, 3.8) is 0 Å². The van der Waals surface area contributed by atoms with Crippen LogP contribution in [0.15, 0.2) is 41.6 Å². The van der Waals surface area contributed by atoms with E-state index in [0.717, 1.165) is 30.0 Å². The fraction of sp³-hybridized carbons (Fsp3) is 0.444. The third-order valence-electron chi connectivity index (χ3n) is 4.66. The fourth-order valence-electron chi connectivity index (χ4n) is 3.19. The molecule has 2 aliphatic heterocycles. The number of hydrazone groups is 1. The van der Waals surface area contributed by atoms with Gasteiger partial charge in [0.05, 0.1) is 31.1 Å². The molecule has 1 aromatic heterocycles. The van der Waals surface area contributed by atoms with Gasteiger partial charge in [0, 0.05) is 31.6 Å². The highest BCUT2D eigenvalue weighted by Crippen LogP contribution is 2.22. The Kier molecular flexibility index (Phi) is 4.56. The zero-order valence-corrected chi connectivity index (χ0v) is 14.0. The van der Waals surface area contributed by atoms with Crippen LogP contribution in [0.5, 0.6) is 0 Å². The summed E-state index contributed by atoms with van der Waals surface area (Å²) in [4.78, 5) is 12.2. The second kappa shape index (κ2) is 7.14. The van der Waals surface area contributed by atoms with Gasteiger partial charge in [0.2, 0.25) is 5.91 Å². The first-order valence-corrected chi connectivity index (χ1v) is 8.70. The minimum absolute atomic E-state index is 0.0595. The van der Waals surface area contributed by atoms with E-state index in [1.165, 1.54) is 0 Å². The van der Waals surface area contributed by atoms with Crippen LogP contribution in [0.1, 0.15) is 36.4 Å². The molecule has 0 saturated carbocycles. The topological polar surface area (TPSA) is 72.6 Å². The Bertz CT molecular complexity index is 765. The van der Waals surface area contributed by atoms with Gasteiger partial charge in [0.25, 0.3) is 0 Å². The van der Waals surface area contributed by atoms with Crippen molar-refractivity contribution >= 4 is 11.6 Å². The average Bonchev–Trinajstić information content (AvgIpc) is 3.33. The van der Waals surface area contributed by atoms with Crippen molar-refractivity contribution in [1.82, 2.24) is 20.0 Å². The van der Waals surface area contributed by atoms with Crippen molar-refractivity contribution in [3.8, 4) is 0 Å². The third-order valence-corrected chi connectivity index (χ3v) is 4.66. The van der Waals surface area contributed by atoms with E-state index in [1.807, 2.05) is 36.5 Å². The molecule has 7 nitrogen and oxygen atoms in total. The van der Waals surface area contributed by atoms with Gasteiger partial charge in [-0.1, -0.05) is 35.5 Å². The molecule has 0 N–H and O–H groups in total. The number of aromatic nitrogens is 3. The number of amides is 1. The molecule has 25 heavy (non-hydrogen) atoms. The summed E-state index contributed by atoms with van der Waals surface area (Å²) in [7, 11) is 0. The molecule has 0 radical (unpaired) electrons. The Balaban J connectivity index is 1.42. The highest BCUT2D eigenvalue weighted by molar-refractivity contribution is 6.04. The molecule has 0 spiro atoms. The molecule has 0 unspecified atom stereocenters. The summed E-state index contributed by atoms with van der Waals surface area (Å²) in [5.74, 6) is 0.400. The molecule has 1 amide bonds. The van der Waals surface area contributed by atoms with Gasteiger partial charge in [-0.25, -0.2) is 5.01 Å². The van der Waals surface area contributed by atoms with Crippen LogP contribution < -0.4 is 0 Å². The van der Waals surface area contributed by atoms with Gasteiger partial charge in [0.15, 0.2) is 0 Å². The second-order valence-electron chi connectivity index (χ2n) is 6.40. The Morgan fingerprint density at radius 2 is 2.04 bits per heavy atom. The molecule has 0 bridgehead atoms. The normalized spacial score (nSPS) is 20.8. The molecule has 2 aliphatic rings. The number of rotatable bonds is 5. The van der Waals surface area contributed by atoms with Crippen molar-refractivity contribution in [2.45, 2.75) is 31.7 Å². The first kappa shape index (κ1) is 16.0. The highest BCUT2D eigenvalue weighted by Gasteiger charge is 2.23. The molecule has 1 saturated heterocycles. The van der Waals surface area contributed by atoms with Crippen molar-refractivity contribution < 1.29 is 9.53 Å². The molecular formula is C18H21N5O2. The summed E-state index contributed by atoms with van der Waals surface area (Å²) in [5.41, 5.74) is 3.00. The minimum atomic E-state index is 0.0595. The van der Waals surface area contributed by atoms with Crippen LogP contribution in [0.2, 0.25) is 0 Å². The molecule has 2 aromatic rings. The van der Waals surface area contributed by atoms with E-state index in [4.69, 9.17) is 4.74 Å². The van der Waals surface area contributed by atoms with Gasteiger partial charge in [-0.05, 0) is 12.0 Å². The molecule has 1 fully saturated rings. The van der Waals surface area contributed by atoms with Gasteiger partial charge in [-0.15, -0.1) is 5.10 Å². The number of ether oxygens (including phenoxy) is 1. The maximum atomic E-state index is 12.2. The maximum absolute atomic E-state index is 12.2. The van der Waals surface area contributed by atoms with Crippen LogP contribution in [-0.4, -0.2) is 51.4 Å². The Hall–Kier alpha value is -2.54. The standard InChI is InChI=1S/C18H21N5O2/c24-18-7-6-16(14-4-2-1-3-5-14)20-23(18)10-9-22-12-17(19-21-22)15-8-11-25-13-15/h1-5,12,15H,6-11,13H2/t15-/m0/s1. The molecule has 7 heteroatoms. The molecule has 0 aliphatic carbocycles. The van der Waals surface area contributed by atoms with Crippen LogP contribution in [-0.2, 0) is 16.1 Å². The molecular weight excluding hydrogens is 318 g/mol. The molecule has 1 aromatic carbocycles. The minimum Gasteiger partial charge on any atom is -0.381 e. The van der Waals surface area contributed by atoms with Gasteiger partial charge in [-0.3, -0.25) is 9.48 Å². The predicted molar refractivity (Wildman–Crippen MR) is 92.1 cm³/mol. The Morgan fingerprint density at radius 1 is 1.16 bits per heavy atom. The van der Waals surface area contributed by atoms with E-state index in [-0.39, 0.29) is 5.91 Å². The van der Waals surface area contributed by atoms with Gasteiger partial charge in [0.1, 0.15) is 0 Å². The van der Waals surface area contributed by atoms with Gasteiger partial charge < -0.3 is 4.74 Å². The quantitative estimate of drug-likeness (QED) is 0.833. The van der Waals surface area contributed by atoms with E-state index in [9.17, 15) is 4.79 Å². The highest BCUT2D eigenvalue weighted by atomic mass is 16.5. The van der Waals surface area contributed by atoms with E-state index in [0.29, 0.717) is 38.5 Å². The molecule has 130 valence electrons. The number of carbonyl (C=O) groups excluding carboxylic acids is 1. The summed E-state index contributed by atoms with van der Waals surface area (Å²) >= 11 is 0. The van der Waals surface area contributed by atoms with Crippen molar-refractivity contribution in [2.24, 2.45) is 5.10 Å². The fourth-order valence-corrected chi connectivity index (χ4v) is 3.19. The summed E-state index contributed by atoms with van der Waals surface area (Å²) < 4.78 is 7.18. The monoisotopic (exact) mass is 339 g/mol. The smallest absolute Gasteiger partial charge is 0.243 e. The Labute approximate surface area is 146 Å². The largest absolute Gasteiger partial charge is 0.381 e. The predicted octanol–water partition coefficient (Wildman–Crippen LogP) is 1.81. The molecule has 4 rings (SSSR count). The van der Waals surface area contributed by atoms with E-state index in [2.05, 4.69) is 15.4 Å². The van der Waals surface area contributed by atoms with Crippen LogP contribution in [0.25, 0.3) is 0 Å². The van der Waals surface area contributed by atoms with E-state index >= 15 is 0 Å². The van der Waals surface area contributed by atoms with Crippen LogP contribution >= 0.6 is 0 Å². The van der Waals surface area contributed by atoms with E-state index < -0.39 is 0 Å². The number of hydrogen-bond acceptors (Lipinski definition) is 5. The molecule has 1 atom stereocenters. The first-order valence-electron chi connectivity index (χ1n) is 8.70. The van der Waals surface area contributed by atoms with Crippen molar-refractivity contribution in [1.29, 1.82) is 0 Å². The lowest BCUT2D eigenvalue weighted by atomic mass is 10.0. The summed E-state index contributed by atoms with van der Waals surface area (Å²) in [5, 5.41) is 14.5. The van der Waals surface area contributed by atoms with Crippen molar-refractivity contribution in [3.05, 3.63) is 47.8 Å². The van der Waals surface area contributed by atoms with Crippen LogP contribution in [0.4, 0.5) is 0 Å². The second-order valence-corrected chi connectivity index (χ2v) is 6.40. The lowest BCUT2D eigenvalue weighted by Crippen LogP contribution is -2.34. The number of carbonyl (C=O) groups is 1. The number of hydrogen-bond donors (Lipinski definition) is 0. The maximum Gasteiger partial charge on any atom is 0.243 e. The van der Waals surface area contributed by atoms with Crippen molar-refractivity contribution in [2.75, 3.05) is 19.8 Å². The zero-order valence-electron chi connectivity index (χ0n) is 14.0. The lowest BCUT2D eigenvalue weighted by Gasteiger charge is -2.23. The summed E-state index contributed by atoms with van der Waals surface area (Å²) in [6.45, 7) is 2.59.